The molecule has 0 aromatic rings. The molecule has 19 heavy (non-hydrogen) atoms. The van der Waals surface area contributed by atoms with Crippen molar-refractivity contribution < 1.29 is 17.9 Å². The summed E-state index contributed by atoms with van der Waals surface area (Å²) in [6.07, 6.45) is 2.42. The van der Waals surface area contributed by atoms with Crippen molar-refractivity contribution in [2.24, 2.45) is 11.7 Å². The molecule has 0 aliphatic heterocycles. The number of nitrogens with two attached hydrogens (primary N) is 1. The maximum absolute atomic E-state index is 11.6. The Hall–Kier alpha value is -0.860. The van der Waals surface area contributed by atoms with E-state index < -0.39 is 16.3 Å². The molecule has 1 amide bonds. The van der Waals surface area contributed by atoms with Crippen LogP contribution >= 0.6 is 0 Å². The molecule has 4 N–H and O–H groups in total. The monoisotopic (exact) mass is 293 g/mol. The van der Waals surface area contributed by atoms with Gasteiger partial charge in [-0.2, -0.15) is 13.1 Å². The zero-order valence-corrected chi connectivity index (χ0v) is 12.2. The molecule has 1 saturated carbocycles. The van der Waals surface area contributed by atoms with Crippen LogP contribution in [-0.4, -0.2) is 33.2 Å². The average Bonchev–Trinajstić information content (AvgIpc) is 2.24. The van der Waals surface area contributed by atoms with Crippen LogP contribution in [0.15, 0.2) is 0 Å². The maximum Gasteiger partial charge on any atom is 0.422 e. The molecule has 1 aliphatic carbocycles. The highest BCUT2D eigenvalue weighted by Gasteiger charge is 2.22. The first-order valence-corrected chi connectivity index (χ1v) is 8.00. The Labute approximate surface area is 114 Å². The van der Waals surface area contributed by atoms with Crippen LogP contribution in [0.5, 0.6) is 0 Å². The third kappa shape index (κ3) is 6.74. The first-order chi connectivity index (χ1) is 8.78. The van der Waals surface area contributed by atoms with Crippen molar-refractivity contribution in [2.45, 2.75) is 51.7 Å². The molecule has 0 spiro atoms. The van der Waals surface area contributed by atoms with Gasteiger partial charge in [0.05, 0.1) is 6.10 Å². The molecular formula is C11H23N3O4S. The lowest BCUT2D eigenvalue weighted by Crippen LogP contribution is -2.44. The van der Waals surface area contributed by atoms with E-state index in [0.29, 0.717) is 0 Å². The SMILES string of the molecule is CC(C)OC(=O)NS(=O)(=O)NCC1CCCC(N)C1. The molecule has 0 bridgehead atoms. The number of hydrogen-bond acceptors (Lipinski definition) is 5. The molecule has 1 fully saturated rings. The summed E-state index contributed by atoms with van der Waals surface area (Å²) in [6.45, 7) is 3.57. The Balaban J connectivity index is 2.36. The van der Waals surface area contributed by atoms with Gasteiger partial charge < -0.3 is 10.5 Å². The van der Waals surface area contributed by atoms with Gasteiger partial charge in [0.25, 0.3) is 0 Å². The molecule has 0 heterocycles. The van der Waals surface area contributed by atoms with Gasteiger partial charge in [-0.3, -0.25) is 0 Å². The number of carbonyl (C=O) groups excluding carboxylic acids is 1. The van der Waals surface area contributed by atoms with Crippen molar-refractivity contribution in [3.8, 4) is 0 Å². The van der Waals surface area contributed by atoms with Gasteiger partial charge in [-0.05, 0) is 39.0 Å². The minimum atomic E-state index is -3.86. The van der Waals surface area contributed by atoms with Crippen LogP contribution in [0, 0.1) is 5.92 Å². The number of ether oxygens (including phenoxy) is 1. The molecule has 0 aromatic heterocycles. The Morgan fingerprint density at radius 3 is 2.68 bits per heavy atom. The van der Waals surface area contributed by atoms with Crippen molar-refractivity contribution in [1.29, 1.82) is 0 Å². The second kappa shape index (κ2) is 7.06. The largest absolute Gasteiger partial charge is 0.446 e. The van der Waals surface area contributed by atoms with Crippen LogP contribution in [0.25, 0.3) is 0 Å². The summed E-state index contributed by atoms with van der Waals surface area (Å²) in [4.78, 5) is 11.2. The van der Waals surface area contributed by atoms with Crippen LogP contribution in [0.2, 0.25) is 0 Å². The van der Waals surface area contributed by atoms with Gasteiger partial charge in [0.1, 0.15) is 0 Å². The maximum atomic E-state index is 11.6. The van der Waals surface area contributed by atoms with Crippen molar-refractivity contribution >= 4 is 16.3 Å². The molecule has 112 valence electrons. The van der Waals surface area contributed by atoms with Gasteiger partial charge in [0, 0.05) is 12.6 Å². The molecule has 2 atom stereocenters. The van der Waals surface area contributed by atoms with E-state index in [4.69, 9.17) is 10.5 Å². The molecule has 1 aliphatic rings. The number of rotatable bonds is 5. The average molecular weight is 293 g/mol. The van der Waals surface area contributed by atoms with E-state index in [9.17, 15) is 13.2 Å². The lowest BCUT2D eigenvalue weighted by molar-refractivity contribution is 0.121. The van der Waals surface area contributed by atoms with Crippen LogP contribution in [-0.2, 0) is 14.9 Å². The predicted molar refractivity (Wildman–Crippen MR) is 71.6 cm³/mol. The van der Waals surface area contributed by atoms with Crippen molar-refractivity contribution in [3.63, 3.8) is 0 Å². The summed E-state index contributed by atoms with van der Waals surface area (Å²) in [7, 11) is -3.86. The molecule has 0 aromatic carbocycles. The molecule has 2 unspecified atom stereocenters. The smallest absolute Gasteiger partial charge is 0.422 e. The summed E-state index contributed by atoms with van der Waals surface area (Å²) in [5, 5.41) is 0. The van der Waals surface area contributed by atoms with Crippen LogP contribution in [0.1, 0.15) is 39.5 Å². The van der Waals surface area contributed by atoms with Crippen molar-refractivity contribution in [1.82, 2.24) is 9.44 Å². The van der Waals surface area contributed by atoms with Crippen LogP contribution in [0.3, 0.4) is 0 Å². The van der Waals surface area contributed by atoms with E-state index in [1.807, 2.05) is 4.72 Å². The highest BCUT2D eigenvalue weighted by Crippen LogP contribution is 2.22. The minimum absolute atomic E-state index is 0.141. The van der Waals surface area contributed by atoms with Crippen LogP contribution in [0.4, 0.5) is 4.79 Å². The fourth-order valence-electron chi connectivity index (χ4n) is 2.13. The fraction of sp³-hybridized carbons (Fsp3) is 0.909. The number of carbonyl (C=O) groups is 1. The highest BCUT2D eigenvalue weighted by atomic mass is 32.2. The summed E-state index contributed by atoms with van der Waals surface area (Å²) < 4.78 is 32.1. The molecule has 8 heteroatoms. The molecule has 1 rings (SSSR count). The first kappa shape index (κ1) is 16.2. The molecule has 0 radical (unpaired) electrons. The van der Waals surface area contributed by atoms with Gasteiger partial charge in [-0.1, -0.05) is 6.42 Å². The lowest BCUT2D eigenvalue weighted by Gasteiger charge is -2.26. The van der Waals surface area contributed by atoms with Gasteiger partial charge in [0.2, 0.25) is 0 Å². The molecular weight excluding hydrogens is 270 g/mol. The van der Waals surface area contributed by atoms with Crippen molar-refractivity contribution in [2.75, 3.05) is 6.54 Å². The Morgan fingerprint density at radius 1 is 1.42 bits per heavy atom. The Kier molecular flexibility index (Phi) is 6.02. The quantitative estimate of drug-likeness (QED) is 0.682. The van der Waals surface area contributed by atoms with E-state index in [0.717, 1.165) is 25.7 Å². The second-order valence-electron chi connectivity index (χ2n) is 5.20. The second-order valence-corrected chi connectivity index (χ2v) is 6.70. The zero-order valence-electron chi connectivity index (χ0n) is 11.4. The van der Waals surface area contributed by atoms with Gasteiger partial charge in [0.15, 0.2) is 0 Å². The van der Waals surface area contributed by atoms with E-state index in [2.05, 4.69) is 4.72 Å². The van der Waals surface area contributed by atoms with Crippen molar-refractivity contribution in [3.05, 3.63) is 0 Å². The zero-order chi connectivity index (χ0) is 14.5. The van der Waals surface area contributed by atoms with Gasteiger partial charge in [-0.25, -0.2) is 9.52 Å². The molecule has 0 saturated heterocycles. The molecule has 7 nitrogen and oxygen atoms in total. The van der Waals surface area contributed by atoms with E-state index in [1.165, 1.54) is 0 Å². The normalized spacial score (nSPS) is 24.2. The summed E-state index contributed by atoms with van der Waals surface area (Å²) in [5.74, 6) is 0.224. The summed E-state index contributed by atoms with van der Waals surface area (Å²) >= 11 is 0. The highest BCUT2D eigenvalue weighted by molar-refractivity contribution is 7.88. The third-order valence-corrected chi connectivity index (χ3v) is 3.93. The minimum Gasteiger partial charge on any atom is -0.446 e. The van der Waals surface area contributed by atoms with E-state index >= 15 is 0 Å². The van der Waals surface area contributed by atoms with E-state index in [1.54, 1.807) is 13.8 Å². The Bertz CT molecular complexity index is 397. The number of hydrogen-bond donors (Lipinski definition) is 3. The fourth-order valence-corrected chi connectivity index (χ4v) is 2.92. The number of nitrogens with one attached hydrogen (secondary N) is 2. The summed E-state index contributed by atoms with van der Waals surface area (Å²) in [5.41, 5.74) is 5.83. The van der Waals surface area contributed by atoms with E-state index in [-0.39, 0.29) is 24.6 Å². The first-order valence-electron chi connectivity index (χ1n) is 6.52. The summed E-state index contributed by atoms with van der Waals surface area (Å²) in [6, 6.07) is 0.141. The third-order valence-electron chi connectivity index (χ3n) is 2.95. The number of amides is 1. The Morgan fingerprint density at radius 2 is 2.11 bits per heavy atom. The van der Waals surface area contributed by atoms with Gasteiger partial charge >= 0.3 is 16.3 Å². The lowest BCUT2D eigenvalue weighted by atomic mass is 9.86. The topological polar surface area (TPSA) is 111 Å². The predicted octanol–water partition coefficient (Wildman–Crippen LogP) is 0.473. The standard InChI is InChI=1S/C11H23N3O4S/c1-8(2)18-11(15)14-19(16,17)13-7-9-4-3-5-10(12)6-9/h8-10,13H,3-7,12H2,1-2H3,(H,14,15). The van der Waals surface area contributed by atoms with Crippen LogP contribution < -0.4 is 15.2 Å². The van der Waals surface area contributed by atoms with Gasteiger partial charge in [-0.15, -0.1) is 0 Å².